The lowest BCUT2D eigenvalue weighted by Crippen LogP contribution is -2.41. The third-order valence-electron chi connectivity index (χ3n) is 5.55. The second kappa shape index (κ2) is 5.69. The molecule has 6 nitrogen and oxygen atoms in total. The summed E-state index contributed by atoms with van der Waals surface area (Å²) in [7, 11) is -0.295. The molecule has 0 spiro atoms. The Morgan fingerprint density at radius 2 is 1.88 bits per heavy atom. The molecular formula is C17H25BN2O4. The van der Waals surface area contributed by atoms with Gasteiger partial charge in [-0.1, -0.05) is 6.08 Å². The van der Waals surface area contributed by atoms with Crippen LogP contribution in [0.1, 0.15) is 51.8 Å². The van der Waals surface area contributed by atoms with Crippen molar-refractivity contribution in [3.8, 4) is 0 Å². The number of ether oxygens (including phenoxy) is 2. The second-order valence-corrected chi connectivity index (χ2v) is 7.82. The predicted molar refractivity (Wildman–Crippen MR) is 89.6 cm³/mol. The van der Waals surface area contributed by atoms with Crippen LogP contribution in [0.5, 0.6) is 0 Å². The first-order valence-corrected chi connectivity index (χ1v) is 8.65. The summed E-state index contributed by atoms with van der Waals surface area (Å²) in [6, 6.07) is 0.355. The van der Waals surface area contributed by atoms with E-state index in [0.717, 1.165) is 30.7 Å². The predicted octanol–water partition coefficient (Wildman–Crippen LogP) is 2.47. The summed E-state index contributed by atoms with van der Waals surface area (Å²) < 4.78 is 25.5. The first-order valence-electron chi connectivity index (χ1n) is 8.65. The highest BCUT2D eigenvalue weighted by atomic mass is 16.7. The Hall–Kier alpha value is -1.15. The van der Waals surface area contributed by atoms with Gasteiger partial charge in [-0.25, -0.2) is 0 Å². The van der Waals surface area contributed by atoms with Gasteiger partial charge in [0.15, 0.2) is 0 Å². The fourth-order valence-corrected chi connectivity index (χ4v) is 3.09. The average molecular weight is 332 g/mol. The summed E-state index contributed by atoms with van der Waals surface area (Å²) in [4.78, 5) is 0. The van der Waals surface area contributed by atoms with E-state index in [-0.39, 0.29) is 24.4 Å². The van der Waals surface area contributed by atoms with Crippen LogP contribution in [-0.2, 0) is 18.8 Å². The van der Waals surface area contributed by atoms with E-state index in [1.165, 1.54) is 0 Å². The van der Waals surface area contributed by atoms with Crippen molar-refractivity contribution in [2.75, 3.05) is 19.8 Å². The quantitative estimate of drug-likeness (QED) is 0.796. The van der Waals surface area contributed by atoms with Gasteiger partial charge < -0.3 is 18.8 Å². The maximum absolute atomic E-state index is 6.17. The molecule has 1 atom stereocenters. The lowest BCUT2D eigenvalue weighted by atomic mass is 9.74. The van der Waals surface area contributed by atoms with E-state index in [0.29, 0.717) is 12.6 Å². The van der Waals surface area contributed by atoms with E-state index in [1.807, 2.05) is 10.9 Å². The number of aromatic nitrogens is 2. The van der Waals surface area contributed by atoms with Crippen molar-refractivity contribution >= 4 is 7.12 Å². The molecule has 4 heterocycles. The van der Waals surface area contributed by atoms with E-state index in [1.54, 1.807) is 0 Å². The van der Waals surface area contributed by atoms with Crippen LogP contribution in [0.3, 0.4) is 0 Å². The van der Waals surface area contributed by atoms with Gasteiger partial charge in [0.25, 0.3) is 0 Å². The summed E-state index contributed by atoms with van der Waals surface area (Å²) in [5.41, 5.74) is 1.59. The molecule has 0 aromatic carbocycles. The summed E-state index contributed by atoms with van der Waals surface area (Å²) in [6.45, 7) is 10.5. The Morgan fingerprint density at radius 1 is 1.17 bits per heavy atom. The lowest BCUT2D eigenvalue weighted by Gasteiger charge is -2.32. The number of rotatable bonds is 3. The van der Waals surface area contributed by atoms with Gasteiger partial charge >= 0.3 is 7.12 Å². The van der Waals surface area contributed by atoms with Crippen LogP contribution >= 0.6 is 0 Å². The van der Waals surface area contributed by atoms with E-state index in [9.17, 15) is 0 Å². The first kappa shape index (κ1) is 16.3. The highest BCUT2D eigenvalue weighted by Crippen LogP contribution is 2.40. The van der Waals surface area contributed by atoms with E-state index in [2.05, 4.69) is 45.1 Å². The molecule has 0 saturated carbocycles. The zero-order chi connectivity index (χ0) is 16.9. The van der Waals surface area contributed by atoms with Gasteiger partial charge in [-0.3, -0.25) is 4.68 Å². The van der Waals surface area contributed by atoms with Crippen LogP contribution in [-0.4, -0.2) is 47.9 Å². The number of hydrogen-bond donors (Lipinski definition) is 0. The molecule has 3 aliphatic heterocycles. The van der Waals surface area contributed by atoms with Crippen molar-refractivity contribution in [1.29, 1.82) is 0 Å². The largest absolute Gasteiger partial charge is 0.490 e. The molecular weight excluding hydrogens is 307 g/mol. The molecule has 0 N–H and O–H groups in total. The molecule has 0 bridgehead atoms. The summed E-state index contributed by atoms with van der Waals surface area (Å²) in [5, 5.41) is 4.45. The van der Waals surface area contributed by atoms with Crippen molar-refractivity contribution in [3.63, 3.8) is 0 Å². The smallest absolute Gasteiger partial charge is 0.400 e. The standard InChI is InChI=1S/C17H25BN2O4/c1-16(2)17(3,4)24-18(23-16)13-5-6-22-15(7-13)12-8-19-20(9-12)14-10-21-11-14/h7-9,14-15H,5-6,10-11H2,1-4H3. The van der Waals surface area contributed by atoms with E-state index >= 15 is 0 Å². The fourth-order valence-electron chi connectivity index (χ4n) is 3.09. The Balaban J connectivity index is 1.52. The minimum atomic E-state index is -0.318. The van der Waals surface area contributed by atoms with Gasteiger partial charge in [-0.15, -0.1) is 0 Å². The fraction of sp³-hybridized carbons (Fsp3) is 0.706. The van der Waals surface area contributed by atoms with Crippen LogP contribution in [0.2, 0.25) is 0 Å². The molecule has 24 heavy (non-hydrogen) atoms. The number of hydrogen-bond acceptors (Lipinski definition) is 5. The number of nitrogens with zero attached hydrogens (tertiary/aromatic N) is 2. The Labute approximate surface area is 143 Å². The Bertz CT molecular complexity index is 635. The topological polar surface area (TPSA) is 54.7 Å². The van der Waals surface area contributed by atoms with E-state index < -0.39 is 0 Å². The zero-order valence-electron chi connectivity index (χ0n) is 14.8. The molecule has 3 aliphatic rings. The summed E-state index contributed by atoms with van der Waals surface area (Å²) in [6.07, 6.45) is 6.80. The van der Waals surface area contributed by atoms with Gasteiger partial charge in [0, 0.05) is 11.8 Å². The molecule has 2 fully saturated rings. The van der Waals surface area contributed by atoms with Crippen molar-refractivity contribution in [1.82, 2.24) is 9.78 Å². The van der Waals surface area contributed by atoms with Gasteiger partial charge in [0.2, 0.25) is 0 Å². The van der Waals surface area contributed by atoms with Crippen LogP contribution in [0.4, 0.5) is 0 Å². The molecule has 1 unspecified atom stereocenters. The molecule has 0 radical (unpaired) electrons. The van der Waals surface area contributed by atoms with Gasteiger partial charge in [-0.05, 0) is 39.6 Å². The van der Waals surface area contributed by atoms with Gasteiger partial charge in [0.05, 0.1) is 43.3 Å². The maximum atomic E-state index is 6.17. The zero-order valence-corrected chi connectivity index (χ0v) is 14.8. The van der Waals surface area contributed by atoms with Crippen molar-refractivity contribution in [3.05, 3.63) is 29.5 Å². The highest BCUT2D eigenvalue weighted by molar-refractivity contribution is 6.54. The third kappa shape index (κ3) is 2.73. The van der Waals surface area contributed by atoms with E-state index in [4.69, 9.17) is 18.8 Å². The molecule has 4 rings (SSSR count). The molecule has 1 aromatic rings. The monoisotopic (exact) mass is 332 g/mol. The second-order valence-electron chi connectivity index (χ2n) is 7.82. The van der Waals surface area contributed by atoms with Crippen LogP contribution in [0, 0.1) is 0 Å². The molecule has 1 aromatic heterocycles. The summed E-state index contributed by atoms with van der Waals surface area (Å²) >= 11 is 0. The lowest BCUT2D eigenvalue weighted by molar-refractivity contribution is -0.0287. The Kier molecular flexibility index (Phi) is 3.87. The SMILES string of the molecule is CC1(C)OB(C2=CC(c3cnn(C4COC4)c3)OCC2)OC1(C)C. The Morgan fingerprint density at radius 3 is 2.50 bits per heavy atom. The molecule has 130 valence electrons. The maximum Gasteiger partial charge on any atom is 0.490 e. The normalized spacial score (nSPS) is 29.4. The van der Waals surface area contributed by atoms with Crippen LogP contribution in [0.25, 0.3) is 0 Å². The molecule has 0 aliphatic carbocycles. The summed E-state index contributed by atoms with van der Waals surface area (Å²) in [5.74, 6) is 0. The van der Waals surface area contributed by atoms with Crippen molar-refractivity contribution in [2.24, 2.45) is 0 Å². The minimum absolute atomic E-state index is 0.0949. The first-order chi connectivity index (χ1) is 11.4. The van der Waals surface area contributed by atoms with Crippen LogP contribution in [0.15, 0.2) is 23.9 Å². The van der Waals surface area contributed by atoms with Gasteiger partial charge in [-0.2, -0.15) is 5.10 Å². The van der Waals surface area contributed by atoms with Gasteiger partial charge in [0.1, 0.15) is 6.10 Å². The molecule has 7 heteroatoms. The highest BCUT2D eigenvalue weighted by Gasteiger charge is 2.52. The minimum Gasteiger partial charge on any atom is -0.400 e. The van der Waals surface area contributed by atoms with Crippen molar-refractivity contribution < 1.29 is 18.8 Å². The van der Waals surface area contributed by atoms with Crippen molar-refractivity contribution in [2.45, 2.75) is 57.5 Å². The van der Waals surface area contributed by atoms with Crippen LogP contribution < -0.4 is 0 Å². The molecule has 0 amide bonds. The molecule has 2 saturated heterocycles. The average Bonchev–Trinajstić information content (AvgIpc) is 3.01. The third-order valence-corrected chi connectivity index (χ3v) is 5.55.